The Balaban J connectivity index is 1.57. The first-order valence-corrected chi connectivity index (χ1v) is 11.4. The predicted octanol–water partition coefficient (Wildman–Crippen LogP) is 4.35. The molecule has 0 radical (unpaired) electrons. The molecule has 9 heteroatoms. The number of rotatable bonds is 5. The van der Waals surface area contributed by atoms with Crippen molar-refractivity contribution in [1.82, 2.24) is 20.2 Å². The lowest BCUT2D eigenvalue weighted by Gasteiger charge is -2.22. The van der Waals surface area contributed by atoms with Crippen LogP contribution in [0, 0.1) is 12.3 Å². The number of nitrogens with one attached hydrogen (secondary N) is 2. The number of nitrogens with zero attached hydrogens (tertiary/aromatic N) is 3. The van der Waals surface area contributed by atoms with Crippen molar-refractivity contribution in [1.29, 1.82) is 0 Å². The second-order valence-electron chi connectivity index (χ2n) is 7.07. The number of anilines is 1. The van der Waals surface area contributed by atoms with Crippen molar-refractivity contribution >= 4 is 50.6 Å². The molecule has 32 heavy (non-hydrogen) atoms. The molecule has 0 fully saturated rings. The maximum absolute atomic E-state index is 12.8. The highest BCUT2D eigenvalue weighted by Crippen LogP contribution is 2.31. The van der Waals surface area contributed by atoms with Crippen molar-refractivity contribution in [3.63, 3.8) is 0 Å². The van der Waals surface area contributed by atoms with Crippen LogP contribution in [0.3, 0.4) is 0 Å². The van der Waals surface area contributed by atoms with Crippen LogP contribution in [-0.2, 0) is 4.79 Å². The SMILES string of the molecule is C#Cc1nc(NC(=O)N[C@@H](C(=O)N(C)C)c2ccc(-c3cccc4ncsc34)cc2)cs1. The molecule has 0 aliphatic carbocycles. The Labute approximate surface area is 193 Å². The number of amides is 3. The van der Waals surface area contributed by atoms with Crippen molar-refractivity contribution in [3.05, 3.63) is 63.9 Å². The minimum Gasteiger partial charge on any atom is -0.347 e. The van der Waals surface area contributed by atoms with E-state index >= 15 is 0 Å². The van der Waals surface area contributed by atoms with Gasteiger partial charge in [0.15, 0.2) is 5.01 Å². The van der Waals surface area contributed by atoms with Crippen LogP contribution in [-0.4, -0.2) is 40.9 Å². The summed E-state index contributed by atoms with van der Waals surface area (Å²) in [5.41, 5.74) is 5.53. The second-order valence-corrected chi connectivity index (χ2v) is 8.79. The van der Waals surface area contributed by atoms with E-state index in [1.807, 2.05) is 48.0 Å². The quantitative estimate of drug-likeness (QED) is 0.433. The average Bonchev–Trinajstić information content (AvgIpc) is 3.46. The van der Waals surface area contributed by atoms with Gasteiger partial charge in [0, 0.05) is 25.0 Å². The van der Waals surface area contributed by atoms with Gasteiger partial charge in [-0.25, -0.2) is 14.8 Å². The summed E-state index contributed by atoms with van der Waals surface area (Å²) in [4.78, 5) is 35.3. The fourth-order valence-electron chi connectivity index (χ4n) is 3.20. The standard InChI is InChI=1S/C23H19N5O2S2/c1-4-19-25-18(12-31-19)26-23(30)27-20(22(29)28(2)3)15-10-8-14(9-11-15)16-6-5-7-17-21(16)32-13-24-17/h1,5-13,20H,2-3H3,(H2,26,27,30)/t20-/m1/s1. The minimum absolute atomic E-state index is 0.250. The Hall–Kier alpha value is -3.74. The van der Waals surface area contributed by atoms with Crippen molar-refractivity contribution in [3.8, 4) is 23.5 Å². The molecule has 0 unspecified atom stereocenters. The van der Waals surface area contributed by atoms with Gasteiger partial charge in [0.25, 0.3) is 0 Å². The van der Waals surface area contributed by atoms with Crippen LogP contribution in [0.2, 0.25) is 0 Å². The van der Waals surface area contributed by atoms with E-state index in [0.717, 1.165) is 21.3 Å². The summed E-state index contributed by atoms with van der Waals surface area (Å²) in [6.07, 6.45) is 5.32. The summed E-state index contributed by atoms with van der Waals surface area (Å²) in [5.74, 6) is 2.51. The molecular formula is C23H19N5O2S2. The van der Waals surface area contributed by atoms with E-state index in [1.54, 1.807) is 30.8 Å². The molecule has 0 saturated carbocycles. The lowest BCUT2D eigenvalue weighted by atomic mass is 10.00. The fraction of sp³-hybridized carbons (Fsp3) is 0.130. The lowest BCUT2D eigenvalue weighted by Crippen LogP contribution is -2.41. The normalized spacial score (nSPS) is 11.5. The molecule has 160 valence electrons. The molecule has 0 spiro atoms. The number of hydrogen-bond donors (Lipinski definition) is 2. The third-order valence-corrected chi connectivity index (χ3v) is 6.39. The zero-order valence-electron chi connectivity index (χ0n) is 17.3. The number of thiazole rings is 2. The molecule has 4 aromatic rings. The van der Waals surface area contributed by atoms with Gasteiger partial charge in [0.05, 0.1) is 15.7 Å². The Morgan fingerprint density at radius 3 is 2.59 bits per heavy atom. The Morgan fingerprint density at radius 2 is 1.91 bits per heavy atom. The van der Waals surface area contributed by atoms with Crippen LogP contribution in [0.5, 0.6) is 0 Å². The highest BCUT2D eigenvalue weighted by atomic mass is 32.1. The van der Waals surface area contributed by atoms with E-state index in [0.29, 0.717) is 16.4 Å². The topological polar surface area (TPSA) is 87.2 Å². The van der Waals surface area contributed by atoms with Crippen LogP contribution in [0.15, 0.2) is 53.4 Å². The minimum atomic E-state index is -0.857. The molecule has 0 aliphatic rings. The van der Waals surface area contributed by atoms with Gasteiger partial charge in [-0.15, -0.1) is 29.1 Å². The number of hydrogen-bond acceptors (Lipinski definition) is 6. The monoisotopic (exact) mass is 461 g/mol. The zero-order valence-corrected chi connectivity index (χ0v) is 19.0. The number of carbonyl (C=O) groups excluding carboxylic acids is 2. The largest absolute Gasteiger partial charge is 0.347 e. The third kappa shape index (κ3) is 4.46. The molecule has 3 amide bonds. The first-order valence-electron chi connectivity index (χ1n) is 9.59. The summed E-state index contributed by atoms with van der Waals surface area (Å²) in [6.45, 7) is 0. The van der Waals surface area contributed by atoms with Crippen molar-refractivity contribution in [2.24, 2.45) is 0 Å². The highest BCUT2D eigenvalue weighted by molar-refractivity contribution is 7.17. The summed E-state index contributed by atoms with van der Waals surface area (Å²) < 4.78 is 1.10. The van der Waals surface area contributed by atoms with Crippen LogP contribution >= 0.6 is 22.7 Å². The molecule has 0 bridgehead atoms. The summed E-state index contributed by atoms with van der Waals surface area (Å²) in [7, 11) is 3.29. The summed E-state index contributed by atoms with van der Waals surface area (Å²) in [5, 5.41) is 7.47. The first-order chi connectivity index (χ1) is 15.5. The van der Waals surface area contributed by atoms with E-state index in [9.17, 15) is 9.59 Å². The lowest BCUT2D eigenvalue weighted by molar-refractivity contribution is -0.130. The van der Waals surface area contributed by atoms with Crippen molar-refractivity contribution in [2.45, 2.75) is 6.04 Å². The molecular weight excluding hydrogens is 442 g/mol. The fourth-order valence-corrected chi connectivity index (χ4v) is 4.58. The number of fused-ring (bicyclic) bond motifs is 1. The molecule has 0 aliphatic heterocycles. The van der Waals surface area contributed by atoms with E-state index in [2.05, 4.69) is 26.5 Å². The van der Waals surface area contributed by atoms with Crippen LogP contribution in [0.25, 0.3) is 21.3 Å². The first kappa shape index (κ1) is 21.5. The Bertz CT molecular complexity index is 1320. The average molecular weight is 462 g/mol. The number of aromatic nitrogens is 2. The smallest absolute Gasteiger partial charge is 0.321 e. The van der Waals surface area contributed by atoms with Crippen molar-refractivity contribution < 1.29 is 9.59 Å². The number of urea groups is 1. The molecule has 0 saturated heterocycles. The van der Waals surface area contributed by atoms with Gasteiger partial charge in [0.1, 0.15) is 11.9 Å². The van der Waals surface area contributed by atoms with E-state index in [-0.39, 0.29) is 5.91 Å². The molecule has 2 N–H and O–H groups in total. The van der Waals surface area contributed by atoms with Gasteiger partial charge in [-0.3, -0.25) is 10.1 Å². The maximum Gasteiger partial charge on any atom is 0.321 e. The predicted molar refractivity (Wildman–Crippen MR) is 129 cm³/mol. The number of likely N-dealkylation sites (N-methyl/N-ethyl adjacent to an activating group) is 1. The van der Waals surface area contributed by atoms with Gasteiger partial charge < -0.3 is 10.2 Å². The van der Waals surface area contributed by atoms with Crippen molar-refractivity contribution in [2.75, 3.05) is 19.4 Å². The number of carbonyl (C=O) groups is 2. The Kier molecular flexibility index (Phi) is 6.16. The molecule has 2 heterocycles. The van der Waals surface area contributed by atoms with Gasteiger partial charge >= 0.3 is 6.03 Å². The molecule has 1 atom stereocenters. The summed E-state index contributed by atoms with van der Waals surface area (Å²) in [6, 6.07) is 12.2. The number of terminal acetylenes is 1. The van der Waals surface area contributed by atoms with E-state index in [1.165, 1.54) is 16.2 Å². The number of benzene rings is 2. The van der Waals surface area contributed by atoms with Gasteiger partial charge in [-0.2, -0.15) is 0 Å². The van der Waals surface area contributed by atoms with E-state index in [4.69, 9.17) is 6.42 Å². The highest BCUT2D eigenvalue weighted by Gasteiger charge is 2.25. The van der Waals surface area contributed by atoms with Crippen LogP contribution in [0.4, 0.5) is 10.6 Å². The van der Waals surface area contributed by atoms with Gasteiger partial charge in [0.2, 0.25) is 5.91 Å². The van der Waals surface area contributed by atoms with Gasteiger partial charge in [-0.05, 0) is 23.1 Å². The van der Waals surface area contributed by atoms with Crippen LogP contribution in [0.1, 0.15) is 16.6 Å². The third-order valence-electron chi connectivity index (χ3n) is 4.74. The van der Waals surface area contributed by atoms with Crippen LogP contribution < -0.4 is 10.6 Å². The zero-order chi connectivity index (χ0) is 22.7. The second kappa shape index (κ2) is 9.18. The molecule has 4 rings (SSSR count). The molecule has 2 aromatic carbocycles. The van der Waals surface area contributed by atoms with E-state index < -0.39 is 12.1 Å². The molecule has 2 aromatic heterocycles. The summed E-state index contributed by atoms with van der Waals surface area (Å²) >= 11 is 2.84. The molecule has 7 nitrogen and oxygen atoms in total. The Morgan fingerprint density at radius 1 is 1.12 bits per heavy atom. The van der Waals surface area contributed by atoms with Gasteiger partial charge in [-0.1, -0.05) is 36.4 Å². The maximum atomic E-state index is 12.8.